The van der Waals surface area contributed by atoms with E-state index in [-0.39, 0.29) is 40.1 Å². The molecule has 0 fully saturated rings. The first-order valence-electron chi connectivity index (χ1n) is 10.2. The summed E-state index contributed by atoms with van der Waals surface area (Å²) in [4.78, 5) is 25.9. The summed E-state index contributed by atoms with van der Waals surface area (Å²) in [7, 11) is 0. The summed E-state index contributed by atoms with van der Waals surface area (Å²) in [5, 5.41) is 18.1. The first kappa shape index (κ1) is 22.8. The minimum Gasteiger partial charge on any atom is -0.388 e. The molecule has 0 unspecified atom stereocenters. The van der Waals surface area contributed by atoms with Gasteiger partial charge in [0.05, 0.1) is 16.1 Å². The molecule has 0 bridgehead atoms. The number of benzene rings is 2. The molecule has 172 valence electrons. The molecule has 0 saturated heterocycles. The summed E-state index contributed by atoms with van der Waals surface area (Å²) in [5.74, 6) is -1.81. The normalized spacial score (nSPS) is 11.6. The van der Waals surface area contributed by atoms with Crippen LogP contribution in [0.2, 0.25) is 5.02 Å². The number of nitrogens with zero attached hydrogens (tertiary/aromatic N) is 5. The summed E-state index contributed by atoms with van der Waals surface area (Å²) >= 11 is 6.13. The lowest BCUT2D eigenvalue weighted by atomic mass is 10.0. The van der Waals surface area contributed by atoms with Crippen molar-refractivity contribution in [3.63, 3.8) is 0 Å². The molecule has 11 heteroatoms. The van der Waals surface area contributed by atoms with Crippen molar-refractivity contribution in [2.45, 2.75) is 39.8 Å². The molecule has 33 heavy (non-hydrogen) atoms. The molecular formula is C22H20ClF2N5O3. The number of aromatic nitrogens is 5. The Hall–Kier alpha value is -3.37. The Morgan fingerprint density at radius 1 is 1.06 bits per heavy atom. The van der Waals surface area contributed by atoms with E-state index in [1.807, 2.05) is 13.8 Å². The summed E-state index contributed by atoms with van der Waals surface area (Å²) in [6, 6.07) is 6.26. The minimum absolute atomic E-state index is 0.0241. The average Bonchev–Trinajstić information content (AvgIpc) is 3.10. The Kier molecular flexibility index (Phi) is 5.89. The van der Waals surface area contributed by atoms with Crippen LogP contribution in [0.25, 0.3) is 22.1 Å². The van der Waals surface area contributed by atoms with E-state index in [0.717, 1.165) is 21.5 Å². The minimum atomic E-state index is -0.890. The molecule has 0 radical (unpaired) electrons. The summed E-state index contributed by atoms with van der Waals surface area (Å²) in [5.41, 5.74) is -1.46. The van der Waals surface area contributed by atoms with Crippen LogP contribution >= 0.6 is 11.6 Å². The zero-order valence-electron chi connectivity index (χ0n) is 18.0. The van der Waals surface area contributed by atoms with E-state index in [1.165, 1.54) is 22.8 Å². The zero-order chi connectivity index (χ0) is 24.0. The van der Waals surface area contributed by atoms with E-state index >= 15 is 4.39 Å². The molecule has 0 aliphatic heterocycles. The van der Waals surface area contributed by atoms with Crippen molar-refractivity contribution in [1.29, 1.82) is 0 Å². The molecule has 0 amide bonds. The molecule has 2 heterocycles. The van der Waals surface area contributed by atoms with Gasteiger partial charge in [0.15, 0.2) is 11.6 Å². The molecule has 1 N–H and O–H groups in total. The second-order valence-electron chi connectivity index (χ2n) is 7.69. The van der Waals surface area contributed by atoms with Gasteiger partial charge in [0, 0.05) is 11.9 Å². The Balaban J connectivity index is 2.08. The third-order valence-corrected chi connectivity index (χ3v) is 5.62. The van der Waals surface area contributed by atoms with Crippen LogP contribution in [-0.2, 0) is 13.2 Å². The van der Waals surface area contributed by atoms with Gasteiger partial charge in [0.2, 0.25) is 0 Å². The Morgan fingerprint density at radius 2 is 1.79 bits per heavy atom. The Bertz CT molecular complexity index is 1490. The van der Waals surface area contributed by atoms with Gasteiger partial charge < -0.3 is 5.11 Å². The third-order valence-electron chi connectivity index (χ3n) is 5.31. The monoisotopic (exact) mass is 475 g/mol. The predicted octanol–water partition coefficient (Wildman–Crippen LogP) is 3.30. The van der Waals surface area contributed by atoms with Crippen molar-refractivity contribution in [1.82, 2.24) is 24.1 Å². The van der Waals surface area contributed by atoms with E-state index < -0.39 is 29.5 Å². The number of aliphatic hydroxyl groups excluding tert-OH is 1. The van der Waals surface area contributed by atoms with Crippen molar-refractivity contribution in [3.05, 3.63) is 79.3 Å². The molecule has 0 aliphatic rings. The van der Waals surface area contributed by atoms with Crippen molar-refractivity contribution in [2.75, 3.05) is 0 Å². The summed E-state index contributed by atoms with van der Waals surface area (Å²) in [6.45, 7) is 5.05. The summed E-state index contributed by atoms with van der Waals surface area (Å²) < 4.78 is 32.6. The fourth-order valence-electron chi connectivity index (χ4n) is 3.73. The molecule has 0 spiro atoms. The van der Waals surface area contributed by atoms with Crippen LogP contribution < -0.4 is 11.2 Å². The van der Waals surface area contributed by atoms with Gasteiger partial charge in [0.1, 0.15) is 23.8 Å². The third kappa shape index (κ3) is 3.65. The van der Waals surface area contributed by atoms with Crippen molar-refractivity contribution in [3.8, 4) is 11.4 Å². The van der Waals surface area contributed by atoms with E-state index in [1.54, 1.807) is 6.92 Å². The van der Waals surface area contributed by atoms with Gasteiger partial charge in [0.25, 0.3) is 5.56 Å². The first-order valence-corrected chi connectivity index (χ1v) is 10.6. The van der Waals surface area contributed by atoms with Crippen molar-refractivity contribution < 1.29 is 13.9 Å². The predicted molar refractivity (Wildman–Crippen MR) is 119 cm³/mol. The highest BCUT2D eigenvalue weighted by atomic mass is 35.5. The second kappa shape index (κ2) is 8.53. The average molecular weight is 476 g/mol. The van der Waals surface area contributed by atoms with Gasteiger partial charge in [-0.25, -0.2) is 13.6 Å². The fraction of sp³-hybridized carbons (Fsp3) is 0.273. The highest BCUT2D eigenvalue weighted by Gasteiger charge is 2.22. The molecule has 8 nitrogen and oxygen atoms in total. The van der Waals surface area contributed by atoms with Crippen LogP contribution in [0.5, 0.6) is 0 Å². The second-order valence-corrected chi connectivity index (χ2v) is 8.10. The number of aliphatic hydroxyl groups is 1. The van der Waals surface area contributed by atoms with Crippen LogP contribution in [0.3, 0.4) is 0 Å². The number of hydrogen-bond donors (Lipinski definition) is 1. The zero-order valence-corrected chi connectivity index (χ0v) is 18.8. The van der Waals surface area contributed by atoms with Crippen LogP contribution in [0.4, 0.5) is 8.78 Å². The quantitative estimate of drug-likeness (QED) is 0.478. The highest BCUT2D eigenvalue weighted by Crippen LogP contribution is 2.28. The van der Waals surface area contributed by atoms with Gasteiger partial charge >= 0.3 is 5.69 Å². The van der Waals surface area contributed by atoms with Gasteiger partial charge in [-0.15, -0.1) is 5.10 Å². The van der Waals surface area contributed by atoms with Gasteiger partial charge in [-0.05, 0) is 37.1 Å². The lowest BCUT2D eigenvalue weighted by molar-refractivity contribution is 0.264. The largest absolute Gasteiger partial charge is 0.388 e. The number of hydrogen-bond acceptors (Lipinski definition) is 5. The SMILES string of the molecule is CCn1c(CO)nn(-c2cc3c(C(C)C)nn(-c4c(F)cccc4Cl)c(=O)c3cc2F)c1=O. The van der Waals surface area contributed by atoms with Crippen molar-refractivity contribution >= 4 is 22.4 Å². The van der Waals surface area contributed by atoms with E-state index in [4.69, 9.17) is 11.6 Å². The molecule has 4 aromatic rings. The maximum absolute atomic E-state index is 15.2. The summed E-state index contributed by atoms with van der Waals surface area (Å²) in [6.07, 6.45) is 0. The van der Waals surface area contributed by atoms with Crippen LogP contribution in [0.15, 0.2) is 39.9 Å². The van der Waals surface area contributed by atoms with E-state index in [0.29, 0.717) is 11.1 Å². The lowest BCUT2D eigenvalue weighted by Crippen LogP contribution is -2.26. The molecule has 0 atom stereocenters. The van der Waals surface area contributed by atoms with Crippen molar-refractivity contribution in [2.24, 2.45) is 0 Å². The highest BCUT2D eigenvalue weighted by molar-refractivity contribution is 6.32. The molecule has 2 aromatic carbocycles. The Labute approximate surface area is 191 Å². The molecule has 4 rings (SSSR count). The molecule has 0 aliphatic carbocycles. The number of para-hydroxylation sites is 1. The standard InChI is InChI=1S/C22H20ClF2N5O3/c1-4-28-18(10-31)26-29(22(28)33)17-9-12-13(8-16(17)25)21(32)30(27-19(12)11(2)3)20-14(23)6-5-7-15(20)24/h5-9,11,31H,4,10H2,1-3H3. The van der Waals surface area contributed by atoms with Crippen LogP contribution in [-0.4, -0.2) is 29.2 Å². The fourth-order valence-corrected chi connectivity index (χ4v) is 3.98. The number of fused-ring (bicyclic) bond motifs is 1. The lowest BCUT2D eigenvalue weighted by Gasteiger charge is -2.15. The first-order chi connectivity index (χ1) is 15.7. The number of rotatable bonds is 5. The number of halogens is 3. The molecule has 0 saturated carbocycles. The van der Waals surface area contributed by atoms with Gasteiger partial charge in [-0.1, -0.05) is 31.5 Å². The van der Waals surface area contributed by atoms with Gasteiger partial charge in [-0.3, -0.25) is 9.36 Å². The topological polar surface area (TPSA) is 94.9 Å². The van der Waals surface area contributed by atoms with Gasteiger partial charge in [-0.2, -0.15) is 14.5 Å². The maximum Gasteiger partial charge on any atom is 0.350 e. The Morgan fingerprint density at radius 3 is 2.36 bits per heavy atom. The molecular weight excluding hydrogens is 456 g/mol. The smallest absolute Gasteiger partial charge is 0.350 e. The maximum atomic E-state index is 15.2. The molecule has 2 aromatic heterocycles. The van der Waals surface area contributed by atoms with E-state index in [9.17, 15) is 19.1 Å². The van der Waals surface area contributed by atoms with Crippen LogP contribution in [0, 0.1) is 11.6 Å². The van der Waals surface area contributed by atoms with E-state index in [2.05, 4.69) is 10.2 Å². The van der Waals surface area contributed by atoms with Crippen LogP contribution in [0.1, 0.15) is 38.2 Å².